The molecule has 2 rings (SSSR count). The van der Waals surface area contributed by atoms with Crippen molar-refractivity contribution in [1.82, 2.24) is 0 Å². The number of carbonyl (C=O) groups excluding carboxylic acids is 2. The van der Waals surface area contributed by atoms with Crippen molar-refractivity contribution < 1.29 is 9.59 Å². The summed E-state index contributed by atoms with van der Waals surface area (Å²) in [5.74, 6) is -0.633. The zero-order valence-electron chi connectivity index (χ0n) is 11.0. The van der Waals surface area contributed by atoms with Crippen LogP contribution < -0.4 is 5.32 Å². The van der Waals surface area contributed by atoms with Gasteiger partial charge in [0.25, 0.3) is 0 Å². The summed E-state index contributed by atoms with van der Waals surface area (Å²) in [5, 5.41) is 11.1. The number of hydrogen-bond acceptors (Lipinski definition) is 3. The molecule has 0 saturated heterocycles. The van der Waals surface area contributed by atoms with Crippen molar-refractivity contribution in [3.05, 3.63) is 64.1 Å². The molecule has 0 saturated carbocycles. The van der Waals surface area contributed by atoms with Gasteiger partial charge in [-0.25, -0.2) is 0 Å². The minimum Gasteiger partial charge on any atom is -0.325 e. The van der Waals surface area contributed by atoms with E-state index >= 15 is 0 Å². The number of halogens is 1. The van der Waals surface area contributed by atoms with E-state index in [1.165, 1.54) is 0 Å². The Balaban J connectivity index is 2.38. The monoisotopic (exact) mass is 342 g/mol. The zero-order chi connectivity index (χ0) is 15.2. The molecule has 5 heteroatoms. The molecule has 1 N–H and O–H groups in total. The van der Waals surface area contributed by atoms with Crippen molar-refractivity contribution in [3.63, 3.8) is 0 Å². The van der Waals surface area contributed by atoms with E-state index in [2.05, 4.69) is 21.2 Å². The number of ketones is 1. The molecule has 2 aromatic rings. The van der Waals surface area contributed by atoms with Crippen LogP contribution in [0.4, 0.5) is 5.69 Å². The fraction of sp³-hybridized carbons (Fsp3) is 0.0625. The first-order chi connectivity index (χ1) is 10.1. The maximum Gasteiger partial charge on any atom is 0.238 e. The Kier molecular flexibility index (Phi) is 4.85. The van der Waals surface area contributed by atoms with Gasteiger partial charge in [0.15, 0.2) is 5.78 Å². The molecule has 4 nitrogen and oxygen atoms in total. The molecule has 0 atom stereocenters. The van der Waals surface area contributed by atoms with Gasteiger partial charge in [-0.2, -0.15) is 5.26 Å². The highest BCUT2D eigenvalue weighted by molar-refractivity contribution is 9.10. The standard InChI is InChI=1S/C16H11BrN2O2/c17-12-6-7-14(19-15(20)8-9-18)13(10-12)16(21)11-4-2-1-3-5-11/h1-7,10H,8H2,(H,19,20). The van der Waals surface area contributed by atoms with Crippen LogP contribution in [0.3, 0.4) is 0 Å². The zero-order valence-corrected chi connectivity index (χ0v) is 12.6. The van der Waals surface area contributed by atoms with E-state index in [9.17, 15) is 9.59 Å². The maximum atomic E-state index is 12.5. The summed E-state index contributed by atoms with van der Waals surface area (Å²) in [5.41, 5.74) is 1.31. The van der Waals surface area contributed by atoms with Crippen molar-refractivity contribution in [3.8, 4) is 6.07 Å². The SMILES string of the molecule is N#CCC(=O)Nc1ccc(Br)cc1C(=O)c1ccccc1. The molecular formula is C16H11BrN2O2. The van der Waals surface area contributed by atoms with E-state index in [-0.39, 0.29) is 12.2 Å². The van der Waals surface area contributed by atoms with Crippen LogP contribution in [0.2, 0.25) is 0 Å². The number of anilines is 1. The number of nitrogens with zero attached hydrogens (tertiary/aromatic N) is 1. The predicted molar refractivity (Wildman–Crippen MR) is 82.9 cm³/mol. The van der Waals surface area contributed by atoms with Crippen LogP contribution in [0.15, 0.2) is 53.0 Å². The summed E-state index contributed by atoms with van der Waals surface area (Å²) >= 11 is 3.32. The number of amides is 1. The minimum absolute atomic E-state index is 0.191. The first kappa shape index (κ1) is 14.9. The lowest BCUT2D eigenvalue weighted by Crippen LogP contribution is -2.14. The van der Waals surface area contributed by atoms with Crippen LogP contribution in [0.1, 0.15) is 22.3 Å². The van der Waals surface area contributed by atoms with Crippen LogP contribution in [-0.4, -0.2) is 11.7 Å². The van der Waals surface area contributed by atoms with E-state index in [4.69, 9.17) is 5.26 Å². The number of nitrogens with one attached hydrogen (secondary N) is 1. The van der Waals surface area contributed by atoms with Crippen molar-refractivity contribution in [2.45, 2.75) is 6.42 Å². The lowest BCUT2D eigenvalue weighted by molar-refractivity contribution is -0.115. The second kappa shape index (κ2) is 6.82. The quantitative estimate of drug-likeness (QED) is 0.864. The van der Waals surface area contributed by atoms with E-state index < -0.39 is 5.91 Å². The summed E-state index contributed by atoms with van der Waals surface area (Å²) in [7, 11) is 0. The Bertz CT molecular complexity index is 721. The highest BCUT2D eigenvalue weighted by Gasteiger charge is 2.15. The average molecular weight is 343 g/mol. The Morgan fingerprint density at radius 3 is 2.52 bits per heavy atom. The van der Waals surface area contributed by atoms with E-state index in [0.717, 1.165) is 4.47 Å². The Morgan fingerprint density at radius 1 is 1.14 bits per heavy atom. The average Bonchev–Trinajstić information content (AvgIpc) is 2.49. The largest absolute Gasteiger partial charge is 0.325 e. The Hall–Kier alpha value is -2.45. The van der Waals surface area contributed by atoms with Gasteiger partial charge in [0.1, 0.15) is 6.42 Å². The lowest BCUT2D eigenvalue weighted by atomic mass is 10.0. The number of rotatable bonds is 4. The van der Waals surface area contributed by atoms with E-state index in [1.807, 2.05) is 6.07 Å². The van der Waals surface area contributed by atoms with Gasteiger partial charge >= 0.3 is 0 Å². The summed E-state index contributed by atoms with van der Waals surface area (Å²) in [6.45, 7) is 0. The third-order valence-electron chi connectivity index (χ3n) is 2.78. The van der Waals surface area contributed by atoms with Crippen molar-refractivity contribution in [2.24, 2.45) is 0 Å². The van der Waals surface area contributed by atoms with Gasteiger partial charge in [0, 0.05) is 15.6 Å². The Morgan fingerprint density at radius 2 is 1.86 bits per heavy atom. The van der Waals surface area contributed by atoms with Gasteiger partial charge in [0.05, 0.1) is 11.8 Å². The summed E-state index contributed by atoms with van der Waals surface area (Å²) in [6, 6.07) is 15.6. The summed E-state index contributed by atoms with van der Waals surface area (Å²) < 4.78 is 0.736. The molecule has 0 bridgehead atoms. The van der Waals surface area contributed by atoms with Gasteiger partial charge < -0.3 is 5.32 Å². The highest BCUT2D eigenvalue weighted by atomic mass is 79.9. The van der Waals surface area contributed by atoms with Crippen LogP contribution in [-0.2, 0) is 4.79 Å². The number of carbonyl (C=O) groups is 2. The topological polar surface area (TPSA) is 70.0 Å². The second-order valence-electron chi connectivity index (χ2n) is 4.27. The van der Waals surface area contributed by atoms with Crippen LogP contribution >= 0.6 is 15.9 Å². The van der Waals surface area contributed by atoms with Gasteiger partial charge in [-0.05, 0) is 18.2 Å². The fourth-order valence-corrected chi connectivity index (χ4v) is 2.19. The van der Waals surface area contributed by atoms with E-state index in [1.54, 1.807) is 48.5 Å². The van der Waals surface area contributed by atoms with Crippen LogP contribution in [0, 0.1) is 11.3 Å². The van der Waals surface area contributed by atoms with Crippen molar-refractivity contribution in [1.29, 1.82) is 5.26 Å². The number of nitriles is 1. The summed E-state index contributed by atoms with van der Waals surface area (Å²) in [4.78, 5) is 24.1. The van der Waals surface area contributed by atoms with Crippen molar-refractivity contribution >= 4 is 33.3 Å². The highest BCUT2D eigenvalue weighted by Crippen LogP contribution is 2.24. The van der Waals surface area contributed by atoms with Crippen molar-refractivity contribution in [2.75, 3.05) is 5.32 Å². The van der Waals surface area contributed by atoms with Crippen LogP contribution in [0.25, 0.3) is 0 Å². The molecule has 1 amide bonds. The van der Waals surface area contributed by atoms with E-state index in [0.29, 0.717) is 16.8 Å². The molecule has 0 fully saturated rings. The minimum atomic E-state index is -0.443. The number of hydrogen-bond donors (Lipinski definition) is 1. The molecular weight excluding hydrogens is 332 g/mol. The molecule has 2 aromatic carbocycles. The second-order valence-corrected chi connectivity index (χ2v) is 5.18. The molecule has 0 heterocycles. The Labute approximate surface area is 130 Å². The molecule has 0 radical (unpaired) electrons. The first-order valence-corrected chi connectivity index (χ1v) is 6.97. The molecule has 104 valence electrons. The van der Waals surface area contributed by atoms with Gasteiger partial charge in [-0.3, -0.25) is 9.59 Å². The first-order valence-electron chi connectivity index (χ1n) is 6.18. The predicted octanol–water partition coefficient (Wildman–Crippen LogP) is 3.53. The summed E-state index contributed by atoms with van der Waals surface area (Å²) in [6.07, 6.45) is -0.255. The molecule has 0 unspecified atom stereocenters. The maximum absolute atomic E-state index is 12.5. The third kappa shape index (κ3) is 3.77. The molecule has 0 spiro atoms. The molecule has 0 aromatic heterocycles. The third-order valence-corrected chi connectivity index (χ3v) is 3.27. The van der Waals surface area contributed by atoms with Gasteiger partial charge in [-0.15, -0.1) is 0 Å². The number of benzene rings is 2. The van der Waals surface area contributed by atoms with Gasteiger partial charge in [0.2, 0.25) is 5.91 Å². The smallest absolute Gasteiger partial charge is 0.238 e. The molecule has 0 aliphatic rings. The van der Waals surface area contributed by atoms with Gasteiger partial charge in [-0.1, -0.05) is 46.3 Å². The molecule has 0 aliphatic heterocycles. The fourth-order valence-electron chi connectivity index (χ4n) is 1.82. The van der Waals surface area contributed by atoms with Crippen LogP contribution in [0.5, 0.6) is 0 Å². The molecule has 21 heavy (non-hydrogen) atoms. The molecule has 0 aliphatic carbocycles. The normalized spacial score (nSPS) is 9.71. The lowest BCUT2D eigenvalue weighted by Gasteiger charge is -2.10.